The second-order valence-electron chi connectivity index (χ2n) is 6.43. The highest BCUT2D eigenvalue weighted by atomic mass is 127. The zero-order valence-corrected chi connectivity index (χ0v) is 20.2. The molecule has 156 valence electrons. The number of aliphatic carboxylic acids is 1. The summed E-state index contributed by atoms with van der Waals surface area (Å²) in [5, 5.41) is 34.3. The molecule has 0 saturated heterocycles. The minimum atomic E-state index is -1.07. The molecule has 0 unspecified atom stereocenters. The van der Waals surface area contributed by atoms with Gasteiger partial charge < -0.3 is 15.6 Å². The second kappa shape index (κ2) is 10.1. The number of nitrogens with zero attached hydrogens (tertiary/aromatic N) is 4. The quantitative estimate of drug-likeness (QED) is 0.365. The zero-order chi connectivity index (χ0) is 22.5. The van der Waals surface area contributed by atoms with Crippen molar-refractivity contribution in [1.29, 1.82) is 10.5 Å². The fraction of sp³-hybridized carbons (Fsp3) is 0.143. The summed E-state index contributed by atoms with van der Waals surface area (Å²) in [6.07, 6.45) is 0.918. The molecule has 3 N–H and O–H groups in total. The Morgan fingerprint density at radius 2 is 1.90 bits per heavy atom. The van der Waals surface area contributed by atoms with Gasteiger partial charge in [0.05, 0.1) is 30.2 Å². The van der Waals surface area contributed by atoms with Gasteiger partial charge in [-0.15, -0.1) is 0 Å². The van der Waals surface area contributed by atoms with E-state index >= 15 is 0 Å². The van der Waals surface area contributed by atoms with E-state index in [-0.39, 0.29) is 5.57 Å². The van der Waals surface area contributed by atoms with Crippen molar-refractivity contribution in [2.45, 2.75) is 6.17 Å². The number of hydrogen-bond acceptors (Lipinski definition) is 7. The molecule has 0 aliphatic carbocycles. The van der Waals surface area contributed by atoms with E-state index in [1.54, 1.807) is 23.2 Å². The van der Waals surface area contributed by atoms with Gasteiger partial charge in [-0.25, -0.2) is 9.80 Å². The van der Waals surface area contributed by atoms with Crippen LogP contribution in [0.3, 0.4) is 0 Å². The molecular weight excluding hydrogens is 624 g/mol. The normalized spacial score (nSPS) is 18.2. The van der Waals surface area contributed by atoms with Crippen molar-refractivity contribution in [3.8, 4) is 17.9 Å². The summed E-state index contributed by atoms with van der Waals surface area (Å²) in [5.41, 5.74) is 8.21. The Kier molecular flexibility index (Phi) is 7.48. The Bertz CT molecular complexity index is 1130. The average Bonchev–Trinajstić information content (AvgIpc) is 3.07. The van der Waals surface area contributed by atoms with Crippen molar-refractivity contribution in [1.82, 2.24) is 0 Å². The van der Waals surface area contributed by atoms with Crippen LogP contribution in [0.1, 0.15) is 5.56 Å². The molecule has 10 heteroatoms. The van der Waals surface area contributed by atoms with Crippen LogP contribution in [0, 0.1) is 35.7 Å². The van der Waals surface area contributed by atoms with Gasteiger partial charge in [0.25, 0.3) is 0 Å². The number of anilines is 1. The van der Waals surface area contributed by atoms with Crippen LogP contribution in [-0.2, 0) is 4.79 Å². The number of carboxylic acids is 1. The van der Waals surface area contributed by atoms with Crippen LogP contribution < -0.4 is 15.5 Å². The summed E-state index contributed by atoms with van der Waals surface area (Å²) in [5.74, 6) is -1.38. The van der Waals surface area contributed by atoms with Crippen LogP contribution in [0.25, 0.3) is 6.08 Å². The molecule has 31 heavy (non-hydrogen) atoms. The lowest BCUT2D eigenvalue weighted by atomic mass is 9.95. The Morgan fingerprint density at radius 3 is 2.45 bits per heavy atom. The Hall–Kier alpha value is -2.68. The van der Waals surface area contributed by atoms with Crippen LogP contribution in [0.15, 0.2) is 53.1 Å². The second-order valence-corrected chi connectivity index (χ2v) is 8.75. The number of hydrazone groups is 1. The molecule has 0 fully saturated rings. The predicted molar refractivity (Wildman–Crippen MR) is 132 cm³/mol. The first-order valence-electron chi connectivity index (χ1n) is 8.89. The fourth-order valence-corrected chi connectivity index (χ4v) is 5.11. The van der Waals surface area contributed by atoms with Crippen LogP contribution in [0.4, 0.5) is 5.69 Å². The molecule has 0 aromatic heterocycles. The molecule has 0 saturated carbocycles. The lowest BCUT2D eigenvalue weighted by molar-refractivity contribution is -0.139. The zero-order valence-electron chi connectivity index (χ0n) is 15.9. The number of carboxylic acid groups (broad SMARTS) is 1. The number of benzene rings is 2. The molecule has 1 aliphatic heterocycles. The monoisotopic (exact) mass is 639 g/mol. The molecule has 1 heterocycles. The van der Waals surface area contributed by atoms with E-state index in [9.17, 15) is 15.3 Å². The number of nitrogens with two attached hydrogens (primary N) is 1. The molecule has 2 aromatic rings. The number of rotatable bonds is 6. The molecular formula is C21H15I2N5O3. The Labute approximate surface area is 205 Å². The highest BCUT2D eigenvalue weighted by molar-refractivity contribution is 14.1. The largest absolute Gasteiger partial charge is 0.480 e. The van der Waals surface area contributed by atoms with Gasteiger partial charge in [-0.3, -0.25) is 0 Å². The molecule has 1 aliphatic rings. The van der Waals surface area contributed by atoms with Crippen LogP contribution in [0.5, 0.6) is 5.75 Å². The number of para-hydroxylation sites is 1. The standard InChI is InChI=1S/C21H15I2N5O3/c22-16-7-12(8-17(23)20(16)31-11-18(29)30)6-13(9-24)19-15(10-25)21(26)28(27-19)14-4-2-1-3-5-14/h1-8,15,21H,11,26H2,(H,29,30)/b13-6-/t15-,21+/m1/s1. The molecule has 0 spiro atoms. The SMILES string of the molecule is N#C/C(=C/c1cc(I)c(OCC(=O)O)c(I)c1)C1=NN(c2ccccc2)[C@H](N)[C@@H]1C#N. The lowest BCUT2D eigenvalue weighted by Gasteiger charge is -2.21. The predicted octanol–water partition coefficient (Wildman–Crippen LogP) is 3.57. The van der Waals surface area contributed by atoms with Crippen molar-refractivity contribution in [3.63, 3.8) is 0 Å². The smallest absolute Gasteiger partial charge is 0.341 e. The number of carbonyl (C=O) groups is 1. The van der Waals surface area contributed by atoms with Crippen LogP contribution in [-0.4, -0.2) is 29.6 Å². The lowest BCUT2D eigenvalue weighted by Crippen LogP contribution is -2.40. The van der Waals surface area contributed by atoms with Crippen molar-refractivity contribution in [3.05, 3.63) is 60.7 Å². The first-order valence-corrected chi connectivity index (χ1v) is 11.0. The van der Waals surface area contributed by atoms with E-state index < -0.39 is 24.7 Å². The van der Waals surface area contributed by atoms with Crippen molar-refractivity contribution in [2.24, 2.45) is 16.8 Å². The van der Waals surface area contributed by atoms with Crippen LogP contribution >= 0.6 is 45.2 Å². The molecule has 0 amide bonds. The van der Waals surface area contributed by atoms with E-state index in [1.807, 2.05) is 75.5 Å². The summed E-state index contributed by atoms with van der Waals surface area (Å²) in [7, 11) is 0. The highest BCUT2D eigenvalue weighted by Crippen LogP contribution is 2.32. The van der Waals surface area contributed by atoms with E-state index in [4.69, 9.17) is 15.6 Å². The van der Waals surface area contributed by atoms with E-state index in [0.717, 1.165) is 5.69 Å². The molecule has 2 aromatic carbocycles. The highest BCUT2D eigenvalue weighted by Gasteiger charge is 2.37. The number of halogens is 2. The van der Waals surface area contributed by atoms with Gasteiger partial charge in [-0.1, -0.05) is 18.2 Å². The average molecular weight is 639 g/mol. The summed E-state index contributed by atoms with van der Waals surface area (Å²) < 4.78 is 6.73. The van der Waals surface area contributed by atoms with Gasteiger partial charge >= 0.3 is 5.97 Å². The molecule has 2 atom stereocenters. The van der Waals surface area contributed by atoms with Gasteiger partial charge in [0.15, 0.2) is 6.61 Å². The van der Waals surface area contributed by atoms with Gasteiger partial charge in [0.2, 0.25) is 0 Å². The third-order valence-corrected chi connectivity index (χ3v) is 5.96. The van der Waals surface area contributed by atoms with Gasteiger partial charge in [-0.2, -0.15) is 15.6 Å². The van der Waals surface area contributed by atoms with Gasteiger partial charge in [0, 0.05) is 0 Å². The minimum absolute atomic E-state index is 0.228. The maximum absolute atomic E-state index is 10.8. The number of allylic oxidation sites excluding steroid dienone is 1. The summed E-state index contributed by atoms with van der Waals surface area (Å²) >= 11 is 4.09. The number of hydrogen-bond donors (Lipinski definition) is 2. The minimum Gasteiger partial charge on any atom is -0.480 e. The van der Waals surface area contributed by atoms with E-state index in [2.05, 4.69) is 17.2 Å². The third-order valence-electron chi connectivity index (χ3n) is 4.36. The first-order chi connectivity index (χ1) is 14.8. The maximum atomic E-state index is 10.8. The summed E-state index contributed by atoms with van der Waals surface area (Å²) in [6, 6.07) is 17.0. The number of ether oxygens (including phenoxy) is 1. The van der Waals surface area contributed by atoms with Crippen molar-refractivity contribution >= 4 is 68.6 Å². The molecule has 3 rings (SSSR count). The van der Waals surface area contributed by atoms with Crippen molar-refractivity contribution in [2.75, 3.05) is 11.6 Å². The van der Waals surface area contributed by atoms with Crippen molar-refractivity contribution < 1.29 is 14.6 Å². The summed E-state index contributed by atoms with van der Waals surface area (Å²) in [4.78, 5) is 10.8. The fourth-order valence-electron chi connectivity index (χ4n) is 2.98. The Balaban J connectivity index is 1.98. The van der Waals surface area contributed by atoms with E-state index in [1.165, 1.54) is 0 Å². The molecule has 0 bridgehead atoms. The molecule has 0 radical (unpaired) electrons. The first kappa shape index (κ1) is 23.0. The van der Waals surface area contributed by atoms with E-state index in [0.29, 0.717) is 24.2 Å². The molecule has 8 nitrogen and oxygen atoms in total. The van der Waals surface area contributed by atoms with Gasteiger partial charge in [-0.05, 0) is 81.1 Å². The maximum Gasteiger partial charge on any atom is 0.341 e. The van der Waals surface area contributed by atoms with Gasteiger partial charge in [0.1, 0.15) is 23.9 Å². The number of nitriles is 2. The van der Waals surface area contributed by atoms with Crippen LogP contribution in [0.2, 0.25) is 0 Å². The topological polar surface area (TPSA) is 136 Å². The summed E-state index contributed by atoms with van der Waals surface area (Å²) in [6.45, 7) is -0.446. The third kappa shape index (κ3) is 5.15. The Morgan fingerprint density at radius 1 is 1.26 bits per heavy atom.